The average Bonchev–Trinajstić information content (AvgIpc) is 3.20. The minimum atomic E-state index is -1.34. The summed E-state index contributed by atoms with van der Waals surface area (Å²) in [6.07, 6.45) is 0.811. The van der Waals surface area contributed by atoms with Crippen LogP contribution in [0, 0.1) is 0 Å². The summed E-state index contributed by atoms with van der Waals surface area (Å²) in [7, 11) is 0. The Morgan fingerprint density at radius 3 is 2.24 bits per heavy atom. The molecule has 4 amide bonds. The fourth-order valence-corrected chi connectivity index (χ4v) is 5.70. The Bertz CT molecular complexity index is 1480. The van der Waals surface area contributed by atoms with E-state index >= 15 is 0 Å². The molecular weight excluding hydrogens is 565 g/mol. The van der Waals surface area contributed by atoms with Crippen LogP contribution in [0.5, 0.6) is 0 Å². The van der Waals surface area contributed by atoms with Crippen molar-refractivity contribution in [2.75, 3.05) is 18.5 Å². The first-order chi connectivity index (χ1) is 19.7. The van der Waals surface area contributed by atoms with E-state index in [0.717, 1.165) is 17.7 Å². The maximum atomic E-state index is 13.6. The van der Waals surface area contributed by atoms with Gasteiger partial charge >= 0.3 is 0 Å². The SMILES string of the molecule is CCCCOC1c2cc(Cl)c(Cl)cc2C(=O)NC1(CCC(=O)Nc1ccccc1)CN1C(=O)c2ccccc2C1=O. The van der Waals surface area contributed by atoms with E-state index in [4.69, 9.17) is 27.9 Å². The highest BCUT2D eigenvalue weighted by atomic mass is 35.5. The number of rotatable bonds is 10. The standard InChI is InChI=1S/C31H29Cl2N3O5/c1-2-3-15-41-27-22-16-24(32)25(33)17-23(22)28(38)35-31(27,14-13-26(37)34-19-9-5-4-6-10-19)18-36-29(39)20-11-7-8-12-21(20)30(36)40/h4-12,16-17,27H,2-3,13-15,18H2,1H3,(H,34,37)(H,35,38). The molecule has 41 heavy (non-hydrogen) atoms. The molecule has 3 aromatic rings. The summed E-state index contributed by atoms with van der Waals surface area (Å²) < 4.78 is 6.42. The number of ether oxygens (including phenoxy) is 1. The van der Waals surface area contributed by atoms with E-state index in [0.29, 0.717) is 17.9 Å². The van der Waals surface area contributed by atoms with Gasteiger partial charge in [0.25, 0.3) is 17.7 Å². The fourth-order valence-electron chi connectivity index (χ4n) is 5.37. The Morgan fingerprint density at radius 2 is 1.59 bits per heavy atom. The van der Waals surface area contributed by atoms with Crippen LogP contribution in [-0.2, 0) is 9.53 Å². The van der Waals surface area contributed by atoms with Crippen molar-refractivity contribution >= 4 is 52.5 Å². The van der Waals surface area contributed by atoms with E-state index < -0.39 is 29.4 Å². The van der Waals surface area contributed by atoms with Crippen molar-refractivity contribution in [3.8, 4) is 0 Å². The number of fused-ring (bicyclic) bond motifs is 2. The minimum Gasteiger partial charge on any atom is -0.371 e. The smallest absolute Gasteiger partial charge is 0.261 e. The van der Waals surface area contributed by atoms with Gasteiger partial charge in [-0.15, -0.1) is 0 Å². The van der Waals surface area contributed by atoms with Crippen molar-refractivity contribution in [1.82, 2.24) is 10.2 Å². The fraction of sp³-hybridized carbons (Fsp3) is 0.290. The summed E-state index contributed by atoms with van der Waals surface area (Å²) in [6, 6.07) is 18.7. The van der Waals surface area contributed by atoms with Crippen molar-refractivity contribution in [3.05, 3.63) is 99.0 Å². The lowest BCUT2D eigenvalue weighted by atomic mass is 9.77. The molecule has 0 saturated carbocycles. The third-order valence-electron chi connectivity index (χ3n) is 7.44. The number of nitrogens with zero attached hydrogens (tertiary/aromatic N) is 1. The predicted octanol–water partition coefficient (Wildman–Crippen LogP) is 6.05. The highest BCUT2D eigenvalue weighted by Gasteiger charge is 2.51. The summed E-state index contributed by atoms with van der Waals surface area (Å²) in [6.45, 7) is 2.16. The zero-order valence-electron chi connectivity index (χ0n) is 22.4. The first-order valence-electron chi connectivity index (χ1n) is 13.5. The van der Waals surface area contributed by atoms with Gasteiger partial charge in [0.15, 0.2) is 0 Å². The number of imide groups is 1. The Kier molecular flexibility index (Phi) is 8.45. The van der Waals surface area contributed by atoms with Crippen molar-refractivity contribution in [2.24, 2.45) is 0 Å². The van der Waals surface area contributed by atoms with Crippen molar-refractivity contribution in [3.63, 3.8) is 0 Å². The highest BCUT2D eigenvalue weighted by Crippen LogP contribution is 2.43. The highest BCUT2D eigenvalue weighted by molar-refractivity contribution is 6.42. The van der Waals surface area contributed by atoms with E-state index in [2.05, 4.69) is 10.6 Å². The van der Waals surface area contributed by atoms with E-state index in [-0.39, 0.29) is 52.0 Å². The molecule has 2 aliphatic heterocycles. The first kappa shape index (κ1) is 28.8. The zero-order chi connectivity index (χ0) is 29.1. The van der Waals surface area contributed by atoms with Gasteiger partial charge in [0, 0.05) is 24.3 Å². The monoisotopic (exact) mass is 593 g/mol. The van der Waals surface area contributed by atoms with Gasteiger partial charge in [0.2, 0.25) is 5.91 Å². The number of unbranched alkanes of at least 4 members (excludes halogenated alkanes) is 1. The third kappa shape index (κ3) is 5.73. The van der Waals surface area contributed by atoms with Crippen LogP contribution in [0.4, 0.5) is 5.69 Å². The van der Waals surface area contributed by atoms with Crippen LogP contribution >= 0.6 is 23.2 Å². The van der Waals surface area contributed by atoms with Crippen LogP contribution in [-0.4, -0.2) is 47.2 Å². The van der Waals surface area contributed by atoms with Crippen LogP contribution in [0.15, 0.2) is 66.7 Å². The number of hydrogen-bond donors (Lipinski definition) is 2. The molecule has 8 nitrogen and oxygen atoms in total. The number of hydrogen-bond acceptors (Lipinski definition) is 5. The normalized spacial score (nSPS) is 19.5. The molecule has 212 valence electrons. The van der Waals surface area contributed by atoms with E-state index in [1.807, 2.05) is 25.1 Å². The van der Waals surface area contributed by atoms with Gasteiger partial charge in [-0.3, -0.25) is 24.1 Å². The number of para-hydroxylation sites is 1. The molecule has 5 rings (SSSR count). The number of carbonyl (C=O) groups is 4. The van der Waals surface area contributed by atoms with E-state index in [9.17, 15) is 19.2 Å². The van der Waals surface area contributed by atoms with E-state index in [1.165, 1.54) is 6.07 Å². The molecule has 2 atom stereocenters. The second-order valence-corrected chi connectivity index (χ2v) is 11.0. The number of benzene rings is 3. The number of halogens is 2. The topological polar surface area (TPSA) is 105 Å². The van der Waals surface area contributed by atoms with E-state index in [1.54, 1.807) is 42.5 Å². The van der Waals surface area contributed by atoms with Gasteiger partial charge in [-0.25, -0.2) is 0 Å². The molecule has 3 aromatic carbocycles. The molecule has 2 aliphatic rings. The third-order valence-corrected chi connectivity index (χ3v) is 8.16. The zero-order valence-corrected chi connectivity index (χ0v) is 23.9. The van der Waals surface area contributed by atoms with Gasteiger partial charge in [-0.2, -0.15) is 0 Å². The average molecular weight is 594 g/mol. The molecule has 0 aromatic heterocycles. The number of amides is 4. The van der Waals surface area contributed by atoms with Crippen LogP contribution < -0.4 is 10.6 Å². The van der Waals surface area contributed by atoms with Gasteiger partial charge in [0.05, 0.1) is 33.3 Å². The minimum absolute atomic E-state index is 0.0252. The lowest BCUT2D eigenvalue weighted by Gasteiger charge is -2.46. The van der Waals surface area contributed by atoms with Crippen LogP contribution in [0.3, 0.4) is 0 Å². The first-order valence-corrected chi connectivity index (χ1v) is 14.2. The lowest BCUT2D eigenvalue weighted by Crippen LogP contribution is -2.63. The van der Waals surface area contributed by atoms with Gasteiger partial charge in [-0.1, -0.05) is 66.9 Å². The van der Waals surface area contributed by atoms with Crippen LogP contribution in [0.2, 0.25) is 10.0 Å². The summed E-state index contributed by atoms with van der Waals surface area (Å²) in [4.78, 5) is 54.6. The van der Waals surface area contributed by atoms with Gasteiger partial charge < -0.3 is 15.4 Å². The summed E-state index contributed by atoms with van der Waals surface area (Å²) in [5.74, 6) is -1.70. The van der Waals surface area contributed by atoms with Crippen LogP contribution in [0.25, 0.3) is 0 Å². The number of anilines is 1. The second-order valence-electron chi connectivity index (χ2n) is 10.2. The maximum Gasteiger partial charge on any atom is 0.261 e. The quantitative estimate of drug-likeness (QED) is 0.220. The molecule has 0 fully saturated rings. The Labute approximate surface area is 248 Å². The molecule has 2 N–H and O–H groups in total. The molecule has 0 spiro atoms. The molecule has 10 heteroatoms. The Balaban J connectivity index is 1.55. The molecule has 0 bridgehead atoms. The summed E-state index contributed by atoms with van der Waals surface area (Å²) >= 11 is 12.7. The maximum absolute atomic E-state index is 13.6. The largest absolute Gasteiger partial charge is 0.371 e. The molecule has 0 radical (unpaired) electrons. The Morgan fingerprint density at radius 1 is 0.951 bits per heavy atom. The molecular formula is C31H29Cl2N3O5. The molecule has 0 aliphatic carbocycles. The van der Waals surface area contributed by atoms with Gasteiger partial charge in [0.1, 0.15) is 6.10 Å². The van der Waals surface area contributed by atoms with Crippen molar-refractivity contribution in [1.29, 1.82) is 0 Å². The Hall–Kier alpha value is -3.72. The summed E-state index contributed by atoms with van der Waals surface area (Å²) in [5, 5.41) is 6.34. The van der Waals surface area contributed by atoms with Gasteiger partial charge in [-0.05, 0) is 54.8 Å². The molecule has 2 heterocycles. The van der Waals surface area contributed by atoms with Crippen LogP contribution in [0.1, 0.15) is 75.3 Å². The molecule has 2 unspecified atom stereocenters. The summed E-state index contributed by atoms with van der Waals surface area (Å²) in [5.41, 5.74) is 0.635. The van der Waals surface area contributed by atoms with Crippen molar-refractivity contribution in [2.45, 2.75) is 44.2 Å². The predicted molar refractivity (Wildman–Crippen MR) is 156 cm³/mol. The number of carbonyl (C=O) groups excluding carboxylic acids is 4. The van der Waals surface area contributed by atoms with Crippen molar-refractivity contribution < 1.29 is 23.9 Å². The lowest BCUT2D eigenvalue weighted by molar-refractivity contribution is -0.117. The number of nitrogens with one attached hydrogen (secondary N) is 2. The molecule has 0 saturated heterocycles. The second kappa shape index (κ2) is 12.0.